The Labute approximate surface area is 92.4 Å². The van der Waals surface area contributed by atoms with Crippen LogP contribution in [0.15, 0.2) is 12.1 Å². The van der Waals surface area contributed by atoms with Gasteiger partial charge in [-0.25, -0.2) is 0 Å². The van der Waals surface area contributed by atoms with Gasteiger partial charge in [-0.05, 0) is 50.3 Å². The molecule has 0 bridgehead atoms. The fraction of sp³-hybridized carbons (Fsp3) is 0.615. The first-order valence-electron chi connectivity index (χ1n) is 5.62. The Kier molecular flexibility index (Phi) is 4.28. The van der Waals surface area contributed by atoms with Gasteiger partial charge in [-0.15, -0.1) is 0 Å². The minimum absolute atomic E-state index is 0.340. The standard InChI is InChI=1S/C13H21NO/c1-9(2)5-6-13(15)12-7-10(3)14-11(4)8-12/h7-9,13,15H,5-6H2,1-4H3. The van der Waals surface area contributed by atoms with E-state index in [1.807, 2.05) is 26.0 Å². The molecule has 0 aliphatic rings. The van der Waals surface area contributed by atoms with Crippen LogP contribution in [0.5, 0.6) is 0 Å². The van der Waals surface area contributed by atoms with Crippen LogP contribution in [0, 0.1) is 19.8 Å². The Morgan fingerprint density at radius 1 is 1.13 bits per heavy atom. The van der Waals surface area contributed by atoms with Crippen molar-refractivity contribution in [3.05, 3.63) is 29.1 Å². The third kappa shape index (κ3) is 4.00. The average Bonchev–Trinajstić information content (AvgIpc) is 2.12. The highest BCUT2D eigenvalue weighted by molar-refractivity contribution is 5.22. The zero-order valence-corrected chi connectivity index (χ0v) is 10.1. The van der Waals surface area contributed by atoms with Gasteiger partial charge in [0.15, 0.2) is 0 Å². The van der Waals surface area contributed by atoms with E-state index in [2.05, 4.69) is 18.8 Å². The van der Waals surface area contributed by atoms with Gasteiger partial charge >= 0.3 is 0 Å². The molecule has 0 aromatic carbocycles. The summed E-state index contributed by atoms with van der Waals surface area (Å²) in [5.74, 6) is 0.642. The van der Waals surface area contributed by atoms with Gasteiger partial charge in [0.1, 0.15) is 0 Å². The van der Waals surface area contributed by atoms with Gasteiger partial charge in [0.2, 0.25) is 0 Å². The van der Waals surface area contributed by atoms with Crippen LogP contribution in [0.3, 0.4) is 0 Å². The minimum Gasteiger partial charge on any atom is -0.388 e. The Hall–Kier alpha value is -0.890. The molecule has 1 aromatic heterocycles. The van der Waals surface area contributed by atoms with Crippen molar-refractivity contribution < 1.29 is 5.11 Å². The summed E-state index contributed by atoms with van der Waals surface area (Å²) < 4.78 is 0. The zero-order valence-electron chi connectivity index (χ0n) is 10.1. The molecule has 1 N–H and O–H groups in total. The number of hydrogen-bond acceptors (Lipinski definition) is 2. The Bertz CT molecular complexity index is 300. The number of aliphatic hydroxyl groups is 1. The molecule has 1 atom stereocenters. The van der Waals surface area contributed by atoms with Crippen molar-refractivity contribution >= 4 is 0 Å². The number of nitrogens with zero attached hydrogens (tertiary/aromatic N) is 1. The van der Waals surface area contributed by atoms with Crippen molar-refractivity contribution in [3.63, 3.8) is 0 Å². The normalized spacial score (nSPS) is 13.2. The van der Waals surface area contributed by atoms with Gasteiger partial charge in [0.05, 0.1) is 6.10 Å². The van der Waals surface area contributed by atoms with Crippen molar-refractivity contribution in [2.24, 2.45) is 5.92 Å². The Morgan fingerprint density at radius 3 is 2.13 bits per heavy atom. The average molecular weight is 207 g/mol. The molecule has 1 rings (SSSR count). The highest BCUT2D eigenvalue weighted by Crippen LogP contribution is 2.21. The first-order chi connectivity index (χ1) is 6.99. The van der Waals surface area contributed by atoms with Crippen LogP contribution in [0.25, 0.3) is 0 Å². The van der Waals surface area contributed by atoms with Crippen molar-refractivity contribution in [2.75, 3.05) is 0 Å². The summed E-state index contributed by atoms with van der Waals surface area (Å²) in [6.45, 7) is 8.28. The lowest BCUT2D eigenvalue weighted by molar-refractivity contribution is 0.159. The lowest BCUT2D eigenvalue weighted by Gasteiger charge is -2.13. The summed E-state index contributed by atoms with van der Waals surface area (Å²) in [7, 11) is 0. The van der Waals surface area contributed by atoms with E-state index < -0.39 is 0 Å². The molecular weight excluding hydrogens is 186 g/mol. The van der Waals surface area contributed by atoms with Crippen LogP contribution in [0.1, 0.15) is 49.7 Å². The van der Waals surface area contributed by atoms with Crippen molar-refractivity contribution in [2.45, 2.75) is 46.6 Å². The van der Waals surface area contributed by atoms with E-state index >= 15 is 0 Å². The molecule has 2 nitrogen and oxygen atoms in total. The molecule has 0 aliphatic heterocycles. The van der Waals surface area contributed by atoms with E-state index in [9.17, 15) is 5.11 Å². The Balaban J connectivity index is 2.68. The molecule has 84 valence electrons. The van der Waals surface area contributed by atoms with Crippen LogP contribution in [0.4, 0.5) is 0 Å². The minimum atomic E-state index is -0.340. The second-order valence-electron chi connectivity index (χ2n) is 4.67. The third-order valence-electron chi connectivity index (χ3n) is 2.51. The first kappa shape index (κ1) is 12.2. The highest BCUT2D eigenvalue weighted by Gasteiger charge is 2.09. The molecule has 15 heavy (non-hydrogen) atoms. The fourth-order valence-corrected chi connectivity index (χ4v) is 1.72. The summed E-state index contributed by atoms with van der Waals surface area (Å²) in [6.07, 6.45) is 1.55. The molecule has 1 aromatic rings. The van der Waals surface area contributed by atoms with Crippen LogP contribution >= 0.6 is 0 Å². The zero-order chi connectivity index (χ0) is 11.4. The second kappa shape index (κ2) is 5.26. The van der Waals surface area contributed by atoms with Gasteiger partial charge in [0.25, 0.3) is 0 Å². The van der Waals surface area contributed by atoms with Gasteiger partial charge in [-0.3, -0.25) is 4.98 Å². The molecule has 1 unspecified atom stereocenters. The molecule has 1 heterocycles. The topological polar surface area (TPSA) is 33.1 Å². The fourth-order valence-electron chi connectivity index (χ4n) is 1.72. The number of rotatable bonds is 4. The van der Waals surface area contributed by atoms with Gasteiger partial charge in [-0.1, -0.05) is 13.8 Å². The monoisotopic (exact) mass is 207 g/mol. The summed E-state index contributed by atoms with van der Waals surface area (Å²) in [5, 5.41) is 9.99. The van der Waals surface area contributed by atoms with E-state index in [0.29, 0.717) is 5.92 Å². The Morgan fingerprint density at radius 2 is 1.67 bits per heavy atom. The van der Waals surface area contributed by atoms with Crippen molar-refractivity contribution in [1.82, 2.24) is 4.98 Å². The number of aromatic nitrogens is 1. The van der Waals surface area contributed by atoms with E-state index in [1.54, 1.807) is 0 Å². The van der Waals surface area contributed by atoms with Crippen LogP contribution in [0.2, 0.25) is 0 Å². The molecule has 0 saturated carbocycles. The molecule has 0 amide bonds. The number of hydrogen-bond donors (Lipinski definition) is 1. The molecule has 0 fully saturated rings. The van der Waals surface area contributed by atoms with Crippen LogP contribution in [-0.4, -0.2) is 10.1 Å². The molecule has 0 saturated heterocycles. The van der Waals surface area contributed by atoms with E-state index in [4.69, 9.17) is 0 Å². The summed E-state index contributed by atoms with van der Waals surface area (Å²) >= 11 is 0. The molecule has 0 spiro atoms. The maximum atomic E-state index is 9.99. The smallest absolute Gasteiger partial charge is 0.0791 e. The number of pyridine rings is 1. The van der Waals surface area contributed by atoms with E-state index in [0.717, 1.165) is 29.8 Å². The SMILES string of the molecule is Cc1cc(C(O)CCC(C)C)cc(C)n1. The lowest BCUT2D eigenvalue weighted by Crippen LogP contribution is -2.02. The predicted octanol–water partition coefficient (Wildman–Crippen LogP) is 3.17. The van der Waals surface area contributed by atoms with Crippen molar-refractivity contribution in [3.8, 4) is 0 Å². The molecular formula is C13H21NO. The maximum absolute atomic E-state index is 9.99. The van der Waals surface area contributed by atoms with Crippen LogP contribution < -0.4 is 0 Å². The molecule has 2 heteroatoms. The summed E-state index contributed by atoms with van der Waals surface area (Å²) in [5.41, 5.74) is 2.96. The third-order valence-corrected chi connectivity index (χ3v) is 2.51. The van der Waals surface area contributed by atoms with Gasteiger partial charge in [-0.2, -0.15) is 0 Å². The summed E-state index contributed by atoms with van der Waals surface area (Å²) in [4.78, 5) is 4.30. The van der Waals surface area contributed by atoms with Crippen molar-refractivity contribution in [1.29, 1.82) is 0 Å². The van der Waals surface area contributed by atoms with Gasteiger partial charge in [0, 0.05) is 11.4 Å². The maximum Gasteiger partial charge on any atom is 0.0791 e. The molecule has 0 aliphatic carbocycles. The predicted molar refractivity (Wildman–Crippen MR) is 62.7 cm³/mol. The summed E-state index contributed by atoms with van der Waals surface area (Å²) in [6, 6.07) is 3.94. The first-order valence-corrected chi connectivity index (χ1v) is 5.62. The molecule has 0 radical (unpaired) electrons. The van der Waals surface area contributed by atoms with Gasteiger partial charge < -0.3 is 5.11 Å². The lowest BCUT2D eigenvalue weighted by atomic mass is 9.99. The van der Waals surface area contributed by atoms with E-state index in [1.165, 1.54) is 0 Å². The number of aliphatic hydroxyl groups excluding tert-OH is 1. The highest BCUT2D eigenvalue weighted by atomic mass is 16.3. The van der Waals surface area contributed by atoms with Crippen LogP contribution in [-0.2, 0) is 0 Å². The quantitative estimate of drug-likeness (QED) is 0.822. The second-order valence-corrected chi connectivity index (χ2v) is 4.67. The van der Waals surface area contributed by atoms with E-state index in [-0.39, 0.29) is 6.10 Å². The number of aryl methyl sites for hydroxylation is 2. The largest absolute Gasteiger partial charge is 0.388 e.